The number of nitrogens with zero attached hydrogens (tertiary/aromatic N) is 2. The number of carbonyl (C=O) groups is 1. The van der Waals surface area contributed by atoms with E-state index < -0.39 is 0 Å². The smallest absolute Gasteiger partial charge is 0.240 e. The summed E-state index contributed by atoms with van der Waals surface area (Å²) < 4.78 is 1.81. The number of benzene rings is 1. The lowest BCUT2D eigenvalue weighted by Gasteiger charge is -2.10. The molecule has 1 aromatic carbocycles. The van der Waals surface area contributed by atoms with Gasteiger partial charge in [0.15, 0.2) is 0 Å². The molecule has 2 N–H and O–H groups in total. The first-order chi connectivity index (χ1) is 8.70. The fraction of sp³-hybridized carbons (Fsp3) is 0.385. The monoisotopic (exact) mass is 247 g/mol. The SMILES string of the molecule is CC(CO)CNC(=O)Cn1cnc2ccccc21. The molecule has 5 heteroatoms. The molecule has 0 spiro atoms. The first kappa shape index (κ1) is 12.6. The van der Waals surface area contributed by atoms with Gasteiger partial charge in [-0.05, 0) is 18.1 Å². The zero-order valence-corrected chi connectivity index (χ0v) is 10.3. The van der Waals surface area contributed by atoms with Crippen molar-refractivity contribution >= 4 is 16.9 Å². The number of aromatic nitrogens is 2. The van der Waals surface area contributed by atoms with Crippen LogP contribution in [0.15, 0.2) is 30.6 Å². The molecule has 0 aliphatic rings. The molecule has 1 unspecified atom stereocenters. The molecule has 1 heterocycles. The lowest BCUT2D eigenvalue weighted by atomic mass is 10.2. The molecule has 0 bridgehead atoms. The van der Waals surface area contributed by atoms with Gasteiger partial charge in [0.05, 0.1) is 17.4 Å². The average Bonchev–Trinajstić information content (AvgIpc) is 2.79. The number of fused-ring (bicyclic) bond motifs is 1. The Balaban J connectivity index is 1.99. The number of nitrogens with one attached hydrogen (secondary N) is 1. The maximum atomic E-state index is 11.7. The number of hydrogen-bond donors (Lipinski definition) is 2. The van der Waals surface area contributed by atoms with Crippen LogP contribution in [-0.2, 0) is 11.3 Å². The van der Waals surface area contributed by atoms with Gasteiger partial charge < -0.3 is 15.0 Å². The van der Waals surface area contributed by atoms with Crippen molar-refractivity contribution in [3.63, 3.8) is 0 Å². The van der Waals surface area contributed by atoms with Crippen molar-refractivity contribution < 1.29 is 9.90 Å². The highest BCUT2D eigenvalue weighted by molar-refractivity contribution is 5.80. The second-order valence-electron chi connectivity index (χ2n) is 4.45. The van der Waals surface area contributed by atoms with E-state index in [4.69, 9.17) is 5.11 Å². The molecule has 1 aromatic heterocycles. The molecule has 1 atom stereocenters. The van der Waals surface area contributed by atoms with Crippen molar-refractivity contribution in [3.8, 4) is 0 Å². The summed E-state index contributed by atoms with van der Waals surface area (Å²) in [6.07, 6.45) is 1.67. The van der Waals surface area contributed by atoms with E-state index in [9.17, 15) is 4.79 Å². The van der Waals surface area contributed by atoms with Crippen molar-refractivity contribution in [3.05, 3.63) is 30.6 Å². The molecule has 0 aliphatic heterocycles. The van der Waals surface area contributed by atoms with E-state index in [-0.39, 0.29) is 25.0 Å². The highest BCUT2D eigenvalue weighted by atomic mass is 16.3. The number of carbonyl (C=O) groups excluding carboxylic acids is 1. The Morgan fingerprint density at radius 3 is 3.06 bits per heavy atom. The summed E-state index contributed by atoms with van der Waals surface area (Å²) in [5.74, 6) is 0.00642. The van der Waals surface area contributed by atoms with Crippen molar-refractivity contribution in [2.45, 2.75) is 13.5 Å². The Morgan fingerprint density at radius 1 is 1.50 bits per heavy atom. The van der Waals surface area contributed by atoms with Crippen LogP contribution in [0.2, 0.25) is 0 Å². The van der Waals surface area contributed by atoms with Crippen LogP contribution in [0.3, 0.4) is 0 Å². The van der Waals surface area contributed by atoms with Crippen LogP contribution in [-0.4, -0.2) is 33.7 Å². The van der Waals surface area contributed by atoms with E-state index in [1.807, 2.05) is 35.8 Å². The number of imidazole rings is 1. The topological polar surface area (TPSA) is 67.2 Å². The Labute approximate surface area is 105 Å². The lowest BCUT2D eigenvalue weighted by Crippen LogP contribution is -2.32. The van der Waals surface area contributed by atoms with Crippen LogP contribution < -0.4 is 5.32 Å². The summed E-state index contributed by atoms with van der Waals surface area (Å²) in [6.45, 7) is 2.70. The number of rotatable bonds is 5. The van der Waals surface area contributed by atoms with Crippen LogP contribution in [0.4, 0.5) is 0 Å². The highest BCUT2D eigenvalue weighted by Crippen LogP contribution is 2.11. The fourth-order valence-electron chi connectivity index (χ4n) is 1.70. The Bertz CT molecular complexity index is 536. The summed E-state index contributed by atoms with van der Waals surface area (Å²) in [6, 6.07) is 7.69. The molecule has 2 rings (SSSR count). The third-order valence-electron chi connectivity index (χ3n) is 2.80. The zero-order chi connectivity index (χ0) is 13.0. The molecule has 1 amide bonds. The second-order valence-corrected chi connectivity index (χ2v) is 4.45. The third kappa shape index (κ3) is 2.87. The molecule has 2 aromatic rings. The van der Waals surface area contributed by atoms with Crippen LogP contribution in [0.5, 0.6) is 0 Å². The maximum absolute atomic E-state index is 11.7. The normalized spacial score (nSPS) is 12.6. The first-order valence-electron chi connectivity index (χ1n) is 5.98. The largest absolute Gasteiger partial charge is 0.396 e. The van der Waals surface area contributed by atoms with Gasteiger partial charge in [-0.1, -0.05) is 19.1 Å². The molecule has 0 aliphatic carbocycles. The second kappa shape index (κ2) is 5.64. The van der Waals surface area contributed by atoms with Gasteiger partial charge in [0, 0.05) is 13.2 Å². The zero-order valence-electron chi connectivity index (χ0n) is 10.3. The van der Waals surface area contributed by atoms with Gasteiger partial charge in [-0.2, -0.15) is 0 Å². The Morgan fingerprint density at radius 2 is 2.28 bits per heavy atom. The van der Waals surface area contributed by atoms with E-state index in [1.54, 1.807) is 6.33 Å². The van der Waals surface area contributed by atoms with Gasteiger partial charge in [-0.3, -0.25) is 4.79 Å². The highest BCUT2D eigenvalue weighted by Gasteiger charge is 2.07. The van der Waals surface area contributed by atoms with E-state index in [0.29, 0.717) is 6.54 Å². The summed E-state index contributed by atoms with van der Waals surface area (Å²) in [4.78, 5) is 16.0. The Hall–Kier alpha value is -1.88. The average molecular weight is 247 g/mol. The van der Waals surface area contributed by atoms with Crippen molar-refractivity contribution in [2.24, 2.45) is 5.92 Å². The van der Waals surface area contributed by atoms with Gasteiger partial charge in [-0.25, -0.2) is 4.98 Å². The van der Waals surface area contributed by atoms with Crippen LogP contribution >= 0.6 is 0 Å². The quantitative estimate of drug-likeness (QED) is 0.820. The summed E-state index contributed by atoms with van der Waals surface area (Å²) in [7, 11) is 0. The van der Waals surface area contributed by atoms with E-state index in [2.05, 4.69) is 10.3 Å². The van der Waals surface area contributed by atoms with E-state index in [1.165, 1.54) is 0 Å². The minimum atomic E-state index is -0.0709. The predicted molar refractivity (Wildman–Crippen MR) is 69.0 cm³/mol. The third-order valence-corrected chi connectivity index (χ3v) is 2.80. The number of hydrogen-bond acceptors (Lipinski definition) is 3. The minimum absolute atomic E-state index is 0.0709. The minimum Gasteiger partial charge on any atom is -0.396 e. The van der Waals surface area contributed by atoms with Gasteiger partial charge in [0.25, 0.3) is 0 Å². The molecule has 18 heavy (non-hydrogen) atoms. The molecule has 0 fully saturated rings. The summed E-state index contributed by atoms with van der Waals surface area (Å²) in [5.41, 5.74) is 1.83. The Kier molecular flexibility index (Phi) is 3.94. The standard InChI is InChI=1S/C13H17N3O2/c1-10(8-17)6-14-13(18)7-16-9-15-11-4-2-3-5-12(11)16/h2-5,9-10,17H,6-8H2,1H3,(H,14,18). The molecular formula is C13H17N3O2. The van der Waals surface area contributed by atoms with Gasteiger partial charge >= 0.3 is 0 Å². The van der Waals surface area contributed by atoms with Crippen molar-refractivity contribution in [1.29, 1.82) is 0 Å². The lowest BCUT2D eigenvalue weighted by molar-refractivity contribution is -0.121. The summed E-state index contributed by atoms with van der Waals surface area (Å²) >= 11 is 0. The van der Waals surface area contributed by atoms with Crippen LogP contribution in [0.25, 0.3) is 11.0 Å². The number of aliphatic hydroxyl groups excluding tert-OH is 1. The van der Waals surface area contributed by atoms with E-state index >= 15 is 0 Å². The molecule has 5 nitrogen and oxygen atoms in total. The number of para-hydroxylation sites is 2. The van der Waals surface area contributed by atoms with Crippen molar-refractivity contribution in [2.75, 3.05) is 13.2 Å². The molecular weight excluding hydrogens is 230 g/mol. The molecule has 0 radical (unpaired) electrons. The first-order valence-corrected chi connectivity index (χ1v) is 5.98. The van der Waals surface area contributed by atoms with Gasteiger partial charge in [-0.15, -0.1) is 0 Å². The summed E-state index contributed by atoms with van der Waals surface area (Å²) in [5, 5.41) is 11.7. The van der Waals surface area contributed by atoms with Crippen LogP contribution in [0, 0.1) is 5.92 Å². The number of amides is 1. The predicted octanol–water partition coefficient (Wildman–Crippen LogP) is 0.781. The molecule has 0 saturated carbocycles. The van der Waals surface area contributed by atoms with Gasteiger partial charge in [0.2, 0.25) is 5.91 Å². The van der Waals surface area contributed by atoms with Crippen molar-refractivity contribution in [1.82, 2.24) is 14.9 Å². The number of aliphatic hydroxyl groups is 1. The maximum Gasteiger partial charge on any atom is 0.240 e. The van der Waals surface area contributed by atoms with Gasteiger partial charge in [0.1, 0.15) is 6.54 Å². The molecule has 0 saturated heterocycles. The fourth-order valence-corrected chi connectivity index (χ4v) is 1.70. The molecule has 96 valence electrons. The van der Waals surface area contributed by atoms with Crippen LogP contribution in [0.1, 0.15) is 6.92 Å². The van der Waals surface area contributed by atoms with E-state index in [0.717, 1.165) is 11.0 Å².